The minimum atomic E-state index is 0.584. The second kappa shape index (κ2) is 6.12. The molecule has 5 heteroatoms. The molecular weight excluding hydrogens is 276 g/mol. The van der Waals surface area contributed by atoms with Gasteiger partial charge in [0.25, 0.3) is 0 Å². The summed E-state index contributed by atoms with van der Waals surface area (Å²) in [7, 11) is 0. The smallest absolute Gasteiger partial charge is 0.150 e. The third-order valence-corrected chi connectivity index (χ3v) is 4.48. The lowest BCUT2D eigenvalue weighted by atomic mass is 10.2. The molecule has 0 N–H and O–H groups in total. The van der Waals surface area contributed by atoms with Crippen LogP contribution in [-0.4, -0.2) is 56.6 Å². The highest BCUT2D eigenvalue weighted by atomic mass is 35.5. The van der Waals surface area contributed by atoms with Crippen LogP contribution in [0.1, 0.15) is 16.8 Å². The number of carbonyl (C=O) groups excluding carboxylic acids is 1. The second-order valence-corrected chi connectivity index (χ2v) is 5.77. The molecule has 0 saturated carbocycles. The van der Waals surface area contributed by atoms with Gasteiger partial charge in [0.2, 0.25) is 0 Å². The maximum Gasteiger partial charge on any atom is 0.150 e. The van der Waals surface area contributed by atoms with Crippen molar-refractivity contribution in [3.05, 3.63) is 28.8 Å². The van der Waals surface area contributed by atoms with Crippen molar-refractivity contribution < 1.29 is 9.53 Å². The summed E-state index contributed by atoms with van der Waals surface area (Å²) < 4.78 is 5.41. The minimum absolute atomic E-state index is 0.584. The lowest BCUT2D eigenvalue weighted by Gasteiger charge is -2.32. The molecule has 3 rings (SSSR count). The van der Waals surface area contributed by atoms with E-state index in [9.17, 15) is 4.79 Å². The molecule has 1 unspecified atom stereocenters. The molecule has 0 bridgehead atoms. The summed E-state index contributed by atoms with van der Waals surface area (Å²) in [6.07, 6.45) is 1.99. The van der Waals surface area contributed by atoms with Gasteiger partial charge in [-0.1, -0.05) is 11.6 Å². The van der Waals surface area contributed by atoms with E-state index in [2.05, 4.69) is 9.80 Å². The minimum Gasteiger partial charge on any atom is -0.379 e. The Morgan fingerprint density at radius 1 is 1.25 bits per heavy atom. The maximum atomic E-state index is 10.8. The van der Waals surface area contributed by atoms with Crippen LogP contribution >= 0.6 is 11.6 Å². The van der Waals surface area contributed by atoms with Crippen molar-refractivity contribution in [1.82, 2.24) is 4.90 Å². The molecule has 0 aliphatic carbocycles. The normalized spacial score (nSPS) is 24.1. The summed E-state index contributed by atoms with van der Waals surface area (Å²) >= 11 is 6.29. The third-order valence-electron chi connectivity index (χ3n) is 4.17. The van der Waals surface area contributed by atoms with Crippen molar-refractivity contribution in [3.8, 4) is 0 Å². The fourth-order valence-electron chi connectivity index (χ4n) is 3.05. The molecule has 1 aromatic carbocycles. The zero-order chi connectivity index (χ0) is 13.9. The van der Waals surface area contributed by atoms with Crippen LogP contribution in [0, 0.1) is 0 Å². The fourth-order valence-corrected chi connectivity index (χ4v) is 3.36. The predicted molar refractivity (Wildman–Crippen MR) is 79.8 cm³/mol. The molecule has 2 fully saturated rings. The monoisotopic (exact) mass is 294 g/mol. The summed E-state index contributed by atoms with van der Waals surface area (Å²) in [6.45, 7) is 5.74. The first-order chi connectivity index (χ1) is 9.78. The predicted octanol–water partition coefficient (Wildman–Crippen LogP) is 2.06. The van der Waals surface area contributed by atoms with E-state index in [1.165, 1.54) is 0 Å². The zero-order valence-corrected chi connectivity index (χ0v) is 12.2. The summed E-state index contributed by atoms with van der Waals surface area (Å²) in [6, 6.07) is 6.11. The first-order valence-electron chi connectivity index (χ1n) is 7.09. The molecule has 2 heterocycles. The number of nitrogens with zero attached hydrogens (tertiary/aromatic N) is 2. The van der Waals surface area contributed by atoms with Gasteiger partial charge < -0.3 is 9.64 Å². The SMILES string of the molecule is O=Cc1ccc(N2CCC(N3CCOCC3)C2)c(Cl)c1. The average molecular weight is 295 g/mol. The third kappa shape index (κ3) is 2.82. The molecule has 108 valence electrons. The molecule has 0 aromatic heterocycles. The number of hydrogen-bond donors (Lipinski definition) is 0. The van der Waals surface area contributed by atoms with Crippen LogP contribution in [0.2, 0.25) is 5.02 Å². The van der Waals surface area contributed by atoms with Gasteiger partial charge in [0.1, 0.15) is 6.29 Å². The van der Waals surface area contributed by atoms with Gasteiger partial charge in [-0.2, -0.15) is 0 Å². The Labute approximate surface area is 124 Å². The Bertz CT molecular complexity index is 489. The van der Waals surface area contributed by atoms with Crippen LogP contribution in [-0.2, 0) is 4.74 Å². The molecule has 2 aliphatic heterocycles. The zero-order valence-electron chi connectivity index (χ0n) is 11.4. The second-order valence-electron chi connectivity index (χ2n) is 5.37. The van der Waals surface area contributed by atoms with E-state index in [-0.39, 0.29) is 0 Å². The lowest BCUT2D eigenvalue weighted by molar-refractivity contribution is 0.0209. The Balaban J connectivity index is 1.68. The molecular formula is C15H19ClN2O2. The lowest BCUT2D eigenvalue weighted by Crippen LogP contribution is -2.44. The van der Waals surface area contributed by atoms with Crippen LogP contribution in [0.3, 0.4) is 0 Å². The number of aldehydes is 1. The first-order valence-corrected chi connectivity index (χ1v) is 7.47. The summed E-state index contributed by atoms with van der Waals surface area (Å²) in [5.74, 6) is 0. The fraction of sp³-hybridized carbons (Fsp3) is 0.533. The van der Waals surface area contributed by atoms with Gasteiger partial charge in [-0.15, -0.1) is 0 Å². The number of halogens is 1. The maximum absolute atomic E-state index is 10.8. The van der Waals surface area contributed by atoms with Crippen LogP contribution in [0.15, 0.2) is 18.2 Å². The molecule has 0 amide bonds. The number of rotatable bonds is 3. The van der Waals surface area contributed by atoms with Crippen molar-refractivity contribution in [2.45, 2.75) is 12.5 Å². The largest absolute Gasteiger partial charge is 0.379 e. The molecule has 2 aliphatic rings. The summed E-state index contributed by atoms with van der Waals surface area (Å²) in [5, 5.41) is 0.664. The summed E-state index contributed by atoms with van der Waals surface area (Å²) in [4.78, 5) is 15.6. The molecule has 2 saturated heterocycles. The Morgan fingerprint density at radius 2 is 2.05 bits per heavy atom. The van der Waals surface area contributed by atoms with Gasteiger partial charge in [0.05, 0.1) is 23.9 Å². The molecule has 4 nitrogen and oxygen atoms in total. The van der Waals surface area contributed by atoms with Crippen molar-refractivity contribution in [2.75, 3.05) is 44.3 Å². The molecule has 0 spiro atoms. The summed E-state index contributed by atoms with van der Waals surface area (Å²) in [5.41, 5.74) is 1.66. The van der Waals surface area contributed by atoms with Gasteiger partial charge in [-0.3, -0.25) is 9.69 Å². The van der Waals surface area contributed by atoms with Crippen LogP contribution < -0.4 is 4.90 Å². The van der Waals surface area contributed by atoms with Crippen LogP contribution in [0.4, 0.5) is 5.69 Å². The van der Waals surface area contributed by atoms with Crippen molar-refractivity contribution in [2.24, 2.45) is 0 Å². The van der Waals surface area contributed by atoms with Crippen LogP contribution in [0.25, 0.3) is 0 Å². The number of benzene rings is 1. The van der Waals surface area contributed by atoms with E-state index in [1.807, 2.05) is 12.1 Å². The molecule has 1 aromatic rings. The molecule has 1 atom stereocenters. The van der Waals surface area contributed by atoms with E-state index < -0.39 is 0 Å². The molecule has 0 radical (unpaired) electrons. The van der Waals surface area contributed by atoms with Crippen molar-refractivity contribution in [1.29, 1.82) is 0 Å². The van der Waals surface area contributed by atoms with Crippen LogP contribution in [0.5, 0.6) is 0 Å². The highest BCUT2D eigenvalue weighted by Gasteiger charge is 2.29. The number of morpholine rings is 1. The van der Waals surface area contributed by atoms with E-state index >= 15 is 0 Å². The van der Waals surface area contributed by atoms with Crippen molar-refractivity contribution in [3.63, 3.8) is 0 Å². The number of anilines is 1. The standard InChI is InChI=1S/C15H19ClN2O2/c16-14-9-12(11-19)1-2-15(14)18-4-3-13(10-18)17-5-7-20-8-6-17/h1-2,9,11,13H,3-8,10H2. The first kappa shape index (κ1) is 13.9. The highest BCUT2D eigenvalue weighted by Crippen LogP contribution is 2.30. The van der Waals surface area contributed by atoms with Gasteiger partial charge in [0, 0.05) is 37.8 Å². The Morgan fingerprint density at radius 3 is 2.75 bits per heavy atom. The van der Waals surface area contributed by atoms with E-state index in [4.69, 9.17) is 16.3 Å². The van der Waals surface area contributed by atoms with Gasteiger partial charge in [0.15, 0.2) is 0 Å². The average Bonchev–Trinajstić information content (AvgIpc) is 2.97. The number of ether oxygens (including phenoxy) is 1. The Hall–Kier alpha value is -1.10. The highest BCUT2D eigenvalue weighted by molar-refractivity contribution is 6.33. The topological polar surface area (TPSA) is 32.8 Å². The van der Waals surface area contributed by atoms with Gasteiger partial charge in [-0.05, 0) is 24.6 Å². The molecule has 20 heavy (non-hydrogen) atoms. The van der Waals surface area contributed by atoms with E-state index in [0.717, 1.165) is 57.8 Å². The van der Waals surface area contributed by atoms with Gasteiger partial charge >= 0.3 is 0 Å². The van der Waals surface area contributed by atoms with Gasteiger partial charge in [-0.25, -0.2) is 0 Å². The van der Waals surface area contributed by atoms with E-state index in [1.54, 1.807) is 6.07 Å². The Kier molecular flexibility index (Phi) is 4.24. The van der Waals surface area contributed by atoms with Crippen molar-refractivity contribution >= 4 is 23.6 Å². The number of carbonyl (C=O) groups is 1. The quantitative estimate of drug-likeness (QED) is 0.799. The number of hydrogen-bond acceptors (Lipinski definition) is 4. The van der Waals surface area contributed by atoms with E-state index in [0.29, 0.717) is 16.6 Å².